The Morgan fingerprint density at radius 1 is 1.47 bits per heavy atom. The van der Waals surface area contributed by atoms with Gasteiger partial charge in [-0.05, 0) is 25.1 Å². The van der Waals surface area contributed by atoms with E-state index >= 15 is 0 Å². The molecule has 0 fully saturated rings. The van der Waals surface area contributed by atoms with E-state index < -0.39 is 28.7 Å². The van der Waals surface area contributed by atoms with Gasteiger partial charge in [0, 0.05) is 5.56 Å². The molecule has 0 spiro atoms. The molecule has 5 heteroatoms. The quantitative estimate of drug-likeness (QED) is 0.461. The lowest BCUT2D eigenvalue weighted by Crippen LogP contribution is -2.06. The number of esters is 1. The molecule has 0 unspecified atom stereocenters. The lowest BCUT2D eigenvalue weighted by molar-refractivity contribution is -0.137. The predicted molar refractivity (Wildman–Crippen MR) is 56.6 cm³/mol. The Hall–Kier alpha value is -2.22. The van der Waals surface area contributed by atoms with Gasteiger partial charge < -0.3 is 4.74 Å². The molecule has 0 saturated carbocycles. The number of carbonyl (C=O) groups is 1. The Morgan fingerprint density at radius 3 is 2.53 bits per heavy atom. The van der Waals surface area contributed by atoms with Crippen molar-refractivity contribution in [2.24, 2.45) is 0 Å². The monoisotopic (exact) mass is 237 g/mol. The third kappa shape index (κ3) is 3.11. The van der Waals surface area contributed by atoms with Gasteiger partial charge in [-0.3, -0.25) is 0 Å². The zero-order valence-electron chi connectivity index (χ0n) is 9.04. The number of halogens is 2. The van der Waals surface area contributed by atoms with E-state index in [9.17, 15) is 13.6 Å². The van der Waals surface area contributed by atoms with Crippen LogP contribution in [0.4, 0.5) is 8.78 Å². The molecule has 0 aliphatic carbocycles. The highest BCUT2D eigenvalue weighted by Crippen LogP contribution is 2.16. The van der Waals surface area contributed by atoms with Gasteiger partial charge in [-0.15, -0.1) is 0 Å². The Balaban J connectivity index is 3.16. The maximum atomic E-state index is 13.3. The third-order valence-corrected chi connectivity index (χ3v) is 1.90. The van der Waals surface area contributed by atoms with Crippen molar-refractivity contribution in [2.75, 3.05) is 6.61 Å². The van der Waals surface area contributed by atoms with E-state index in [1.54, 1.807) is 13.0 Å². The zero-order chi connectivity index (χ0) is 12.8. The Morgan fingerprint density at radius 2 is 2.06 bits per heavy atom. The molecule has 0 N–H and O–H groups in total. The summed E-state index contributed by atoms with van der Waals surface area (Å²) < 4.78 is 31.1. The SMILES string of the molecule is CCOC(=O)C(C#N)=Cc1c(F)cccc1F. The van der Waals surface area contributed by atoms with Crippen LogP contribution in [-0.2, 0) is 9.53 Å². The van der Waals surface area contributed by atoms with Gasteiger partial charge in [0.25, 0.3) is 0 Å². The minimum Gasteiger partial charge on any atom is -0.462 e. The molecule has 88 valence electrons. The fourth-order valence-electron chi connectivity index (χ4n) is 1.14. The third-order valence-electron chi connectivity index (χ3n) is 1.90. The lowest BCUT2D eigenvalue weighted by Gasteiger charge is -2.01. The van der Waals surface area contributed by atoms with Gasteiger partial charge in [-0.1, -0.05) is 6.07 Å². The van der Waals surface area contributed by atoms with Gasteiger partial charge >= 0.3 is 5.97 Å². The largest absolute Gasteiger partial charge is 0.462 e. The molecule has 0 aliphatic heterocycles. The van der Waals surface area contributed by atoms with Crippen LogP contribution in [0.1, 0.15) is 12.5 Å². The highest BCUT2D eigenvalue weighted by atomic mass is 19.1. The van der Waals surface area contributed by atoms with Crippen molar-refractivity contribution in [1.82, 2.24) is 0 Å². The molecule has 1 rings (SSSR count). The van der Waals surface area contributed by atoms with Gasteiger partial charge in [-0.2, -0.15) is 5.26 Å². The molecule has 0 saturated heterocycles. The van der Waals surface area contributed by atoms with Crippen molar-refractivity contribution in [3.05, 3.63) is 41.0 Å². The second-order valence-electron chi connectivity index (χ2n) is 3.03. The minimum absolute atomic E-state index is 0.0810. The average Bonchev–Trinajstić information content (AvgIpc) is 2.29. The molecule has 0 bridgehead atoms. The minimum atomic E-state index is -0.905. The first-order chi connectivity index (χ1) is 8.10. The van der Waals surface area contributed by atoms with Gasteiger partial charge in [0.1, 0.15) is 23.3 Å². The van der Waals surface area contributed by atoms with E-state index in [1.165, 1.54) is 6.07 Å². The second-order valence-corrected chi connectivity index (χ2v) is 3.03. The van der Waals surface area contributed by atoms with Crippen LogP contribution in [0.3, 0.4) is 0 Å². The molecular weight excluding hydrogens is 228 g/mol. The zero-order valence-corrected chi connectivity index (χ0v) is 9.04. The smallest absolute Gasteiger partial charge is 0.348 e. The van der Waals surface area contributed by atoms with E-state index in [2.05, 4.69) is 4.74 Å². The molecule has 0 aliphatic rings. The number of hydrogen-bond donors (Lipinski definition) is 0. The van der Waals surface area contributed by atoms with Crippen LogP contribution < -0.4 is 0 Å². The Kier molecular flexibility index (Phi) is 4.35. The summed E-state index contributed by atoms with van der Waals surface area (Å²) in [5, 5.41) is 8.70. The molecule has 1 aromatic carbocycles. The second kappa shape index (κ2) is 5.75. The molecule has 1 aromatic rings. The highest BCUT2D eigenvalue weighted by molar-refractivity contribution is 5.97. The van der Waals surface area contributed by atoms with Crippen LogP contribution in [0.5, 0.6) is 0 Å². The van der Waals surface area contributed by atoms with Crippen LogP contribution in [0.2, 0.25) is 0 Å². The van der Waals surface area contributed by atoms with Crippen molar-refractivity contribution in [1.29, 1.82) is 5.26 Å². The van der Waals surface area contributed by atoms with Crippen molar-refractivity contribution in [2.45, 2.75) is 6.92 Å². The number of rotatable bonds is 3. The molecule has 0 aromatic heterocycles. The number of benzene rings is 1. The van der Waals surface area contributed by atoms with Crippen LogP contribution in [0.15, 0.2) is 23.8 Å². The number of carbonyl (C=O) groups excluding carboxylic acids is 1. The molecule has 0 heterocycles. The molecular formula is C12H9F2NO2. The summed E-state index contributed by atoms with van der Waals surface area (Å²) in [5.41, 5.74) is -0.882. The number of ether oxygens (including phenoxy) is 1. The molecule has 3 nitrogen and oxygen atoms in total. The van der Waals surface area contributed by atoms with Gasteiger partial charge in [0.05, 0.1) is 6.61 Å². The molecule has 0 atom stereocenters. The maximum absolute atomic E-state index is 13.3. The number of hydrogen-bond acceptors (Lipinski definition) is 3. The van der Waals surface area contributed by atoms with E-state index in [0.717, 1.165) is 18.2 Å². The van der Waals surface area contributed by atoms with E-state index in [4.69, 9.17) is 5.26 Å². The number of nitrogens with zero attached hydrogens (tertiary/aromatic N) is 1. The molecule has 0 radical (unpaired) electrons. The summed E-state index contributed by atoms with van der Waals surface area (Å²) in [6, 6.07) is 4.81. The van der Waals surface area contributed by atoms with Crippen LogP contribution >= 0.6 is 0 Å². The fourth-order valence-corrected chi connectivity index (χ4v) is 1.14. The summed E-state index contributed by atoms with van der Waals surface area (Å²) in [4.78, 5) is 11.2. The van der Waals surface area contributed by atoms with Crippen molar-refractivity contribution >= 4 is 12.0 Å². The predicted octanol–water partition coefficient (Wildman–Crippen LogP) is 2.43. The van der Waals surface area contributed by atoms with Gasteiger partial charge in [0.15, 0.2) is 0 Å². The van der Waals surface area contributed by atoms with Crippen LogP contribution in [-0.4, -0.2) is 12.6 Å². The average molecular weight is 237 g/mol. The van der Waals surface area contributed by atoms with Crippen LogP contribution in [0.25, 0.3) is 6.08 Å². The summed E-state index contributed by atoms with van der Waals surface area (Å²) in [7, 11) is 0. The summed E-state index contributed by atoms with van der Waals surface area (Å²) in [6.45, 7) is 1.65. The molecule has 17 heavy (non-hydrogen) atoms. The topological polar surface area (TPSA) is 50.1 Å². The van der Waals surface area contributed by atoms with E-state index in [0.29, 0.717) is 0 Å². The normalized spacial score (nSPS) is 10.8. The fraction of sp³-hybridized carbons (Fsp3) is 0.167. The first-order valence-electron chi connectivity index (χ1n) is 4.83. The standard InChI is InChI=1S/C12H9F2NO2/c1-2-17-12(16)8(7-15)6-9-10(13)4-3-5-11(9)14/h3-6H,2H2,1H3. The maximum Gasteiger partial charge on any atom is 0.348 e. The summed E-state index contributed by atoms with van der Waals surface area (Å²) >= 11 is 0. The van der Waals surface area contributed by atoms with E-state index in [-0.39, 0.29) is 6.61 Å². The summed E-state index contributed by atoms with van der Waals surface area (Å²) in [6.07, 6.45) is 0.836. The van der Waals surface area contributed by atoms with Gasteiger partial charge in [0.2, 0.25) is 0 Å². The first kappa shape index (κ1) is 12.8. The van der Waals surface area contributed by atoms with Crippen LogP contribution in [0, 0.1) is 23.0 Å². The Bertz CT molecular complexity index is 483. The van der Waals surface area contributed by atoms with Crippen molar-refractivity contribution in [3.8, 4) is 6.07 Å². The number of nitriles is 1. The van der Waals surface area contributed by atoms with E-state index in [1.807, 2.05) is 0 Å². The Labute approximate surface area is 96.9 Å². The first-order valence-corrected chi connectivity index (χ1v) is 4.83. The molecule has 0 amide bonds. The van der Waals surface area contributed by atoms with Crippen molar-refractivity contribution < 1.29 is 18.3 Å². The van der Waals surface area contributed by atoms with Gasteiger partial charge in [-0.25, -0.2) is 13.6 Å². The summed E-state index contributed by atoms with van der Waals surface area (Å²) in [5.74, 6) is -2.60. The lowest BCUT2D eigenvalue weighted by atomic mass is 10.1. The van der Waals surface area contributed by atoms with Crippen molar-refractivity contribution in [3.63, 3.8) is 0 Å². The highest BCUT2D eigenvalue weighted by Gasteiger charge is 2.13.